The summed E-state index contributed by atoms with van der Waals surface area (Å²) in [5.74, 6) is -0.647. The summed E-state index contributed by atoms with van der Waals surface area (Å²) < 4.78 is 11.5. The number of nitrogens with two attached hydrogens (primary N) is 1. The fraction of sp³-hybridized carbons (Fsp3) is 0.500. The van der Waals surface area contributed by atoms with E-state index >= 15 is 0 Å². The molecule has 1 aromatic carbocycles. The van der Waals surface area contributed by atoms with Crippen molar-refractivity contribution in [2.24, 2.45) is 0 Å². The van der Waals surface area contributed by atoms with Crippen LogP contribution in [-0.2, 0) is 9.53 Å². The van der Waals surface area contributed by atoms with E-state index in [9.17, 15) is 14.7 Å². The van der Waals surface area contributed by atoms with Crippen LogP contribution in [0.4, 0.5) is 5.69 Å². The Hall–Kier alpha value is -2.87. The van der Waals surface area contributed by atoms with Crippen LogP contribution in [0.15, 0.2) is 18.2 Å². The number of aryl methyl sites for hydroxylation is 1. The van der Waals surface area contributed by atoms with Crippen molar-refractivity contribution < 1.29 is 24.2 Å². The molecule has 8 heteroatoms. The third-order valence-electron chi connectivity index (χ3n) is 5.32. The second-order valence-electron chi connectivity index (χ2n) is 7.65. The van der Waals surface area contributed by atoms with Gasteiger partial charge in [-0.05, 0) is 51.2 Å². The normalized spacial score (nSPS) is 18.9. The Morgan fingerprint density at radius 3 is 2.67 bits per heavy atom. The molecule has 1 heterocycles. The number of nitrogen functional groups attached to an aromatic ring is 1. The van der Waals surface area contributed by atoms with Gasteiger partial charge >= 0.3 is 5.97 Å². The van der Waals surface area contributed by atoms with Gasteiger partial charge in [0.15, 0.2) is 0 Å². The number of nitrogens with zero attached hydrogens (tertiary/aromatic N) is 1. The molecule has 30 heavy (non-hydrogen) atoms. The Bertz CT molecular complexity index is 923. The monoisotopic (exact) mass is 415 g/mol. The van der Waals surface area contributed by atoms with Crippen molar-refractivity contribution in [2.75, 3.05) is 18.9 Å². The van der Waals surface area contributed by atoms with Crippen molar-refractivity contribution in [1.29, 1.82) is 0 Å². The molecule has 0 radical (unpaired) electrons. The largest absolute Gasteiger partial charge is 0.490 e. The van der Waals surface area contributed by atoms with Gasteiger partial charge in [-0.1, -0.05) is 13.0 Å². The smallest absolute Gasteiger partial charge is 0.339 e. The molecule has 8 nitrogen and oxygen atoms in total. The number of carbonyl (C=O) groups is 2. The summed E-state index contributed by atoms with van der Waals surface area (Å²) in [5.41, 5.74) is 7.37. The number of amides is 1. The number of anilines is 1. The number of pyridine rings is 1. The van der Waals surface area contributed by atoms with Crippen LogP contribution in [0.2, 0.25) is 0 Å². The standard InChI is InChI=1S/C22H29N3O5/c1-3-11-29-12-18(26)25-14-7-9-15(10-8-14)30-17-6-4-5-16-20(17)21(23)19(22(27)28)13(2)24-16/h4-6,14-15H,3,7-12H2,1-2H3,(H2,23,24)(H,25,26)(H,27,28)/t14-,15-. The Morgan fingerprint density at radius 2 is 2.00 bits per heavy atom. The zero-order valence-corrected chi connectivity index (χ0v) is 17.4. The molecule has 2 aromatic rings. The van der Waals surface area contributed by atoms with Crippen LogP contribution in [0.25, 0.3) is 10.9 Å². The molecule has 0 atom stereocenters. The maximum Gasteiger partial charge on any atom is 0.339 e. The number of aromatic carboxylic acids is 1. The molecule has 1 aromatic heterocycles. The summed E-state index contributed by atoms with van der Waals surface area (Å²) in [6.45, 7) is 4.32. The second kappa shape index (κ2) is 9.75. The third kappa shape index (κ3) is 4.99. The van der Waals surface area contributed by atoms with E-state index in [-0.39, 0.29) is 35.9 Å². The lowest BCUT2D eigenvalue weighted by atomic mass is 9.93. The highest BCUT2D eigenvalue weighted by atomic mass is 16.5. The molecule has 0 bridgehead atoms. The van der Waals surface area contributed by atoms with Gasteiger partial charge in [-0.2, -0.15) is 0 Å². The van der Waals surface area contributed by atoms with Crippen molar-refractivity contribution in [3.63, 3.8) is 0 Å². The fourth-order valence-corrected chi connectivity index (χ4v) is 3.89. The number of benzene rings is 1. The van der Waals surface area contributed by atoms with E-state index in [1.165, 1.54) is 0 Å². The Kier molecular flexibility index (Phi) is 7.10. The highest BCUT2D eigenvalue weighted by molar-refractivity contribution is 6.06. The van der Waals surface area contributed by atoms with E-state index < -0.39 is 5.97 Å². The number of nitrogens with one attached hydrogen (secondary N) is 1. The van der Waals surface area contributed by atoms with Crippen molar-refractivity contribution in [3.8, 4) is 5.75 Å². The average Bonchev–Trinajstić information content (AvgIpc) is 2.69. The van der Waals surface area contributed by atoms with Crippen LogP contribution in [0.5, 0.6) is 5.75 Å². The third-order valence-corrected chi connectivity index (χ3v) is 5.32. The van der Waals surface area contributed by atoms with E-state index in [1.54, 1.807) is 19.1 Å². The summed E-state index contributed by atoms with van der Waals surface area (Å²) in [6.07, 6.45) is 4.03. The summed E-state index contributed by atoms with van der Waals surface area (Å²) in [7, 11) is 0. The molecule has 3 rings (SSSR count). The number of carboxylic acids is 1. The Morgan fingerprint density at radius 1 is 1.27 bits per heavy atom. The summed E-state index contributed by atoms with van der Waals surface area (Å²) in [5, 5.41) is 13.0. The van der Waals surface area contributed by atoms with E-state index in [4.69, 9.17) is 15.2 Å². The first kappa shape index (κ1) is 21.8. The molecule has 1 fully saturated rings. The molecular weight excluding hydrogens is 386 g/mol. The molecule has 4 N–H and O–H groups in total. The number of carboxylic acid groups (broad SMARTS) is 1. The lowest BCUT2D eigenvalue weighted by Gasteiger charge is -2.30. The van der Waals surface area contributed by atoms with Crippen LogP contribution in [-0.4, -0.2) is 47.3 Å². The van der Waals surface area contributed by atoms with Gasteiger partial charge in [-0.25, -0.2) is 4.79 Å². The van der Waals surface area contributed by atoms with Gasteiger partial charge in [-0.15, -0.1) is 0 Å². The predicted molar refractivity (Wildman–Crippen MR) is 114 cm³/mol. The van der Waals surface area contributed by atoms with Gasteiger partial charge in [-0.3, -0.25) is 9.78 Å². The first-order valence-electron chi connectivity index (χ1n) is 10.4. The topological polar surface area (TPSA) is 124 Å². The van der Waals surface area contributed by atoms with Gasteiger partial charge in [0.05, 0.1) is 28.4 Å². The molecule has 0 spiro atoms. The van der Waals surface area contributed by atoms with E-state index in [1.807, 2.05) is 13.0 Å². The molecule has 1 amide bonds. The van der Waals surface area contributed by atoms with Gasteiger partial charge in [0.25, 0.3) is 0 Å². The maximum absolute atomic E-state index is 11.9. The number of hydrogen-bond acceptors (Lipinski definition) is 6. The number of ether oxygens (including phenoxy) is 2. The van der Waals surface area contributed by atoms with Crippen LogP contribution in [0.3, 0.4) is 0 Å². The quantitative estimate of drug-likeness (QED) is 0.566. The van der Waals surface area contributed by atoms with E-state index in [2.05, 4.69) is 10.3 Å². The van der Waals surface area contributed by atoms with Crippen molar-refractivity contribution >= 4 is 28.5 Å². The molecular formula is C22H29N3O5. The first-order chi connectivity index (χ1) is 14.4. The number of fused-ring (bicyclic) bond motifs is 1. The second-order valence-corrected chi connectivity index (χ2v) is 7.65. The molecule has 0 unspecified atom stereocenters. The van der Waals surface area contributed by atoms with E-state index in [0.717, 1.165) is 32.1 Å². The SMILES string of the molecule is CCCOCC(=O)N[C@H]1CC[C@H](Oc2cccc3nc(C)c(C(=O)O)c(N)c23)CC1. The lowest BCUT2D eigenvalue weighted by molar-refractivity contribution is -0.126. The maximum atomic E-state index is 11.9. The minimum Gasteiger partial charge on any atom is -0.490 e. The predicted octanol–water partition coefficient (Wildman–Crippen LogP) is 3.06. The van der Waals surface area contributed by atoms with Crippen LogP contribution >= 0.6 is 0 Å². The number of rotatable bonds is 8. The van der Waals surface area contributed by atoms with Gasteiger partial charge in [0, 0.05) is 12.6 Å². The molecule has 1 saturated carbocycles. The summed E-state index contributed by atoms with van der Waals surface area (Å²) >= 11 is 0. The Labute approximate surface area is 175 Å². The average molecular weight is 415 g/mol. The molecule has 1 aliphatic rings. The molecule has 0 aliphatic heterocycles. The highest BCUT2D eigenvalue weighted by Crippen LogP contribution is 2.35. The van der Waals surface area contributed by atoms with Crippen molar-refractivity contribution in [1.82, 2.24) is 10.3 Å². The molecule has 1 aliphatic carbocycles. The van der Waals surface area contributed by atoms with Gasteiger partial charge in [0.1, 0.15) is 17.9 Å². The minimum atomic E-state index is -1.10. The summed E-state index contributed by atoms with van der Waals surface area (Å²) in [6, 6.07) is 5.53. The Balaban J connectivity index is 1.66. The van der Waals surface area contributed by atoms with Crippen LogP contribution < -0.4 is 15.8 Å². The van der Waals surface area contributed by atoms with Crippen LogP contribution in [0, 0.1) is 6.92 Å². The van der Waals surface area contributed by atoms with E-state index in [0.29, 0.717) is 29.0 Å². The molecule has 0 saturated heterocycles. The van der Waals surface area contributed by atoms with Gasteiger partial charge in [0.2, 0.25) is 5.91 Å². The zero-order valence-electron chi connectivity index (χ0n) is 17.4. The number of aromatic nitrogens is 1. The van der Waals surface area contributed by atoms with Gasteiger partial charge < -0.3 is 25.6 Å². The zero-order chi connectivity index (χ0) is 21.7. The van der Waals surface area contributed by atoms with Crippen molar-refractivity contribution in [3.05, 3.63) is 29.5 Å². The number of carbonyl (C=O) groups excluding carboxylic acids is 1. The fourth-order valence-electron chi connectivity index (χ4n) is 3.89. The summed E-state index contributed by atoms with van der Waals surface area (Å²) in [4.78, 5) is 27.9. The first-order valence-corrected chi connectivity index (χ1v) is 10.4. The lowest BCUT2D eigenvalue weighted by Crippen LogP contribution is -2.41. The minimum absolute atomic E-state index is 0.00950. The number of hydrogen-bond donors (Lipinski definition) is 3. The van der Waals surface area contributed by atoms with Crippen LogP contribution in [0.1, 0.15) is 55.1 Å². The van der Waals surface area contributed by atoms with Crippen molar-refractivity contribution in [2.45, 2.75) is 58.1 Å². The highest BCUT2D eigenvalue weighted by Gasteiger charge is 2.25. The molecule has 162 valence electrons.